The molecule has 1 aliphatic rings. The number of carbonyl (C=O) groups excluding carboxylic acids is 1. The van der Waals surface area contributed by atoms with Gasteiger partial charge in [0.1, 0.15) is 12.4 Å². The summed E-state index contributed by atoms with van der Waals surface area (Å²) in [7, 11) is 0. The van der Waals surface area contributed by atoms with Crippen molar-refractivity contribution >= 4 is 22.2 Å². The number of aldehydes is 1. The predicted molar refractivity (Wildman–Crippen MR) is 57.1 cm³/mol. The number of halogens is 1. The quantitative estimate of drug-likeness (QED) is 0.759. The van der Waals surface area contributed by atoms with Crippen LogP contribution in [0.3, 0.4) is 0 Å². The highest BCUT2D eigenvalue weighted by molar-refractivity contribution is 9.10. The number of hydrogen-bond acceptors (Lipinski definition) is 2. The zero-order valence-electron chi connectivity index (χ0n) is 7.65. The van der Waals surface area contributed by atoms with Crippen LogP contribution in [0.4, 0.5) is 0 Å². The van der Waals surface area contributed by atoms with E-state index in [1.165, 1.54) is 0 Å². The molecule has 1 saturated heterocycles. The summed E-state index contributed by atoms with van der Waals surface area (Å²) in [6.07, 6.45) is 2.55. The molecule has 1 fully saturated rings. The van der Waals surface area contributed by atoms with E-state index in [9.17, 15) is 4.79 Å². The molecule has 0 spiro atoms. The largest absolute Gasteiger partial charge is 0.363 e. The van der Waals surface area contributed by atoms with Crippen molar-refractivity contribution in [1.29, 1.82) is 0 Å². The molecule has 0 saturated carbocycles. The summed E-state index contributed by atoms with van der Waals surface area (Å²) in [5.41, 5.74) is 1.15. The maximum Gasteiger partial charge on any atom is 0.148 e. The van der Waals surface area contributed by atoms with Gasteiger partial charge in [0.05, 0.1) is 6.10 Å². The van der Waals surface area contributed by atoms with E-state index in [1.54, 1.807) is 0 Å². The highest BCUT2D eigenvalue weighted by Gasteiger charge is 2.25. The Morgan fingerprint density at radius 3 is 2.57 bits per heavy atom. The maximum absolute atomic E-state index is 10.5. The van der Waals surface area contributed by atoms with Gasteiger partial charge in [0.25, 0.3) is 0 Å². The average Bonchev–Trinajstić information content (AvgIpc) is 2.67. The van der Waals surface area contributed by atoms with E-state index in [4.69, 9.17) is 4.74 Å². The normalized spacial score (nSPS) is 26.4. The number of benzene rings is 1. The lowest BCUT2D eigenvalue weighted by Crippen LogP contribution is -2.07. The van der Waals surface area contributed by atoms with E-state index in [1.807, 2.05) is 24.3 Å². The Hall–Kier alpha value is -0.670. The first kappa shape index (κ1) is 9.87. The van der Waals surface area contributed by atoms with E-state index in [0.717, 1.165) is 29.2 Å². The van der Waals surface area contributed by atoms with Crippen LogP contribution >= 0.6 is 15.9 Å². The molecule has 0 bridgehead atoms. The molecule has 0 amide bonds. The van der Waals surface area contributed by atoms with Crippen molar-refractivity contribution < 1.29 is 9.53 Å². The van der Waals surface area contributed by atoms with Crippen molar-refractivity contribution in [3.8, 4) is 0 Å². The number of rotatable bonds is 2. The minimum Gasteiger partial charge on any atom is -0.363 e. The van der Waals surface area contributed by atoms with E-state index < -0.39 is 0 Å². The first-order chi connectivity index (χ1) is 6.79. The van der Waals surface area contributed by atoms with E-state index >= 15 is 0 Å². The van der Waals surface area contributed by atoms with Crippen molar-refractivity contribution in [3.63, 3.8) is 0 Å². The number of carbonyl (C=O) groups is 1. The van der Waals surface area contributed by atoms with Crippen LogP contribution in [0.1, 0.15) is 24.5 Å². The Morgan fingerprint density at radius 2 is 2.00 bits per heavy atom. The zero-order valence-corrected chi connectivity index (χ0v) is 9.24. The summed E-state index contributed by atoms with van der Waals surface area (Å²) in [5, 5.41) is 0. The summed E-state index contributed by atoms with van der Waals surface area (Å²) in [6, 6.07) is 8.05. The number of hydrogen-bond donors (Lipinski definition) is 0. The van der Waals surface area contributed by atoms with Gasteiger partial charge in [-0.25, -0.2) is 0 Å². The smallest absolute Gasteiger partial charge is 0.148 e. The van der Waals surface area contributed by atoms with E-state index in [2.05, 4.69) is 15.9 Å². The van der Waals surface area contributed by atoms with E-state index in [-0.39, 0.29) is 12.2 Å². The zero-order chi connectivity index (χ0) is 9.97. The maximum atomic E-state index is 10.5. The Labute approximate surface area is 91.4 Å². The molecule has 2 atom stereocenters. The third-order valence-electron chi connectivity index (χ3n) is 2.45. The van der Waals surface area contributed by atoms with Gasteiger partial charge in [-0.05, 0) is 30.5 Å². The van der Waals surface area contributed by atoms with Crippen LogP contribution in [0.25, 0.3) is 0 Å². The van der Waals surface area contributed by atoms with Crippen LogP contribution in [0.2, 0.25) is 0 Å². The molecule has 1 aromatic rings. The molecule has 0 aromatic heterocycles. The van der Waals surface area contributed by atoms with Crippen molar-refractivity contribution in [2.45, 2.75) is 25.0 Å². The topological polar surface area (TPSA) is 26.3 Å². The van der Waals surface area contributed by atoms with Gasteiger partial charge in [-0.2, -0.15) is 0 Å². The standard InChI is InChI=1S/C11H11BrO2/c12-9-3-1-8(2-4-9)11-6-5-10(7-13)14-11/h1-4,7,10-11H,5-6H2. The molecule has 74 valence electrons. The van der Waals surface area contributed by atoms with Crippen molar-refractivity contribution in [3.05, 3.63) is 34.3 Å². The Kier molecular flexibility index (Phi) is 2.99. The van der Waals surface area contributed by atoms with Crippen LogP contribution < -0.4 is 0 Å². The Balaban J connectivity index is 2.09. The van der Waals surface area contributed by atoms with Gasteiger partial charge >= 0.3 is 0 Å². The molecule has 14 heavy (non-hydrogen) atoms. The van der Waals surface area contributed by atoms with Crippen molar-refractivity contribution in [1.82, 2.24) is 0 Å². The lowest BCUT2D eigenvalue weighted by atomic mass is 10.1. The first-order valence-corrected chi connectivity index (χ1v) is 5.45. The molecule has 3 heteroatoms. The number of ether oxygens (including phenoxy) is 1. The van der Waals surface area contributed by atoms with Crippen LogP contribution in [0, 0.1) is 0 Å². The Bertz CT molecular complexity index is 321. The molecule has 1 aromatic carbocycles. The fourth-order valence-electron chi connectivity index (χ4n) is 1.69. The molecule has 0 radical (unpaired) electrons. The van der Waals surface area contributed by atoms with Crippen LogP contribution in [-0.4, -0.2) is 12.4 Å². The van der Waals surface area contributed by atoms with Crippen molar-refractivity contribution in [2.24, 2.45) is 0 Å². The minimum absolute atomic E-state index is 0.0956. The SMILES string of the molecule is O=CC1CCC(c2ccc(Br)cc2)O1. The third kappa shape index (κ3) is 2.04. The summed E-state index contributed by atoms with van der Waals surface area (Å²) < 4.78 is 6.61. The average molecular weight is 255 g/mol. The van der Waals surface area contributed by atoms with Crippen LogP contribution in [-0.2, 0) is 9.53 Å². The molecular formula is C11H11BrO2. The monoisotopic (exact) mass is 254 g/mol. The van der Waals surface area contributed by atoms with Gasteiger partial charge in [-0.15, -0.1) is 0 Å². The second-order valence-corrected chi connectivity index (χ2v) is 4.34. The fourth-order valence-corrected chi connectivity index (χ4v) is 1.95. The second kappa shape index (κ2) is 4.24. The molecule has 2 nitrogen and oxygen atoms in total. The highest BCUT2D eigenvalue weighted by atomic mass is 79.9. The Morgan fingerprint density at radius 1 is 1.29 bits per heavy atom. The highest BCUT2D eigenvalue weighted by Crippen LogP contribution is 2.32. The molecule has 1 heterocycles. The summed E-state index contributed by atoms with van der Waals surface area (Å²) >= 11 is 3.38. The van der Waals surface area contributed by atoms with Crippen LogP contribution in [0.15, 0.2) is 28.7 Å². The molecule has 2 unspecified atom stereocenters. The summed E-state index contributed by atoms with van der Waals surface area (Å²) in [5.74, 6) is 0. The van der Waals surface area contributed by atoms with Crippen LogP contribution in [0.5, 0.6) is 0 Å². The molecule has 0 aliphatic carbocycles. The summed E-state index contributed by atoms with van der Waals surface area (Å²) in [4.78, 5) is 10.5. The van der Waals surface area contributed by atoms with Gasteiger partial charge in [0.15, 0.2) is 0 Å². The molecular weight excluding hydrogens is 244 g/mol. The first-order valence-electron chi connectivity index (χ1n) is 4.66. The van der Waals surface area contributed by atoms with Gasteiger partial charge in [-0.1, -0.05) is 28.1 Å². The lowest BCUT2D eigenvalue weighted by Gasteiger charge is -2.10. The summed E-state index contributed by atoms with van der Waals surface area (Å²) in [6.45, 7) is 0. The van der Waals surface area contributed by atoms with Gasteiger partial charge in [0, 0.05) is 4.47 Å². The van der Waals surface area contributed by atoms with Gasteiger partial charge in [-0.3, -0.25) is 0 Å². The van der Waals surface area contributed by atoms with Crippen molar-refractivity contribution in [2.75, 3.05) is 0 Å². The predicted octanol–water partition coefficient (Wildman–Crippen LogP) is 2.87. The molecule has 2 rings (SSSR count). The second-order valence-electron chi connectivity index (χ2n) is 3.43. The molecule has 0 N–H and O–H groups in total. The van der Waals surface area contributed by atoms with Gasteiger partial charge in [0.2, 0.25) is 0 Å². The fraction of sp³-hybridized carbons (Fsp3) is 0.364. The van der Waals surface area contributed by atoms with Gasteiger partial charge < -0.3 is 9.53 Å². The molecule has 1 aliphatic heterocycles. The third-order valence-corrected chi connectivity index (χ3v) is 2.97. The minimum atomic E-state index is -0.205. The van der Waals surface area contributed by atoms with E-state index in [0.29, 0.717) is 0 Å². The lowest BCUT2D eigenvalue weighted by molar-refractivity contribution is -0.117.